The van der Waals surface area contributed by atoms with Gasteiger partial charge in [0.05, 0.1) is 25.2 Å². The fraction of sp³-hybridized carbons (Fsp3) is 0.667. The number of hydrogen-bond acceptors (Lipinski definition) is 5. The molecule has 2 N–H and O–H groups in total. The number of hydrogen-bond donors (Lipinski definition) is 2. The van der Waals surface area contributed by atoms with Crippen LogP contribution in [0.1, 0.15) is 5.69 Å². The van der Waals surface area contributed by atoms with Gasteiger partial charge in [0.1, 0.15) is 6.54 Å². The smallest absolute Gasteiger partial charge is 0.240 e. The first kappa shape index (κ1) is 15.6. The highest BCUT2D eigenvalue weighted by atomic mass is 16.5. The Morgan fingerprint density at radius 3 is 2.79 bits per heavy atom. The minimum Gasteiger partial charge on any atom is -0.383 e. The Kier molecular flexibility index (Phi) is 7.80. The summed E-state index contributed by atoms with van der Waals surface area (Å²) in [4.78, 5) is 15.8. The third-order valence-corrected chi connectivity index (χ3v) is 2.43. The lowest BCUT2D eigenvalue weighted by atomic mass is 10.4. The lowest BCUT2D eigenvalue weighted by molar-refractivity contribution is -0.121. The standard InChI is InChI=1S/C12H22N4O3/c1-18-5-3-13-7-11-8-16(10-15-11)9-12(17)14-4-6-19-2/h8,10,13H,3-7,9H2,1-2H3,(H,14,17). The van der Waals surface area contributed by atoms with Gasteiger partial charge in [-0.2, -0.15) is 0 Å². The van der Waals surface area contributed by atoms with E-state index in [-0.39, 0.29) is 12.5 Å². The van der Waals surface area contributed by atoms with Crippen molar-refractivity contribution in [1.82, 2.24) is 20.2 Å². The van der Waals surface area contributed by atoms with Gasteiger partial charge in [0.15, 0.2) is 0 Å². The van der Waals surface area contributed by atoms with Gasteiger partial charge in [0, 0.05) is 40.1 Å². The molecule has 0 saturated carbocycles. The molecular weight excluding hydrogens is 248 g/mol. The van der Waals surface area contributed by atoms with E-state index in [0.29, 0.717) is 26.3 Å². The molecule has 0 fully saturated rings. The zero-order valence-electron chi connectivity index (χ0n) is 11.5. The van der Waals surface area contributed by atoms with Crippen molar-refractivity contribution < 1.29 is 14.3 Å². The molecule has 19 heavy (non-hydrogen) atoms. The molecular formula is C12H22N4O3. The van der Waals surface area contributed by atoms with Crippen molar-refractivity contribution >= 4 is 5.91 Å². The molecule has 0 saturated heterocycles. The van der Waals surface area contributed by atoms with Gasteiger partial charge in [-0.1, -0.05) is 0 Å². The molecule has 0 aliphatic rings. The molecule has 0 spiro atoms. The van der Waals surface area contributed by atoms with Crippen molar-refractivity contribution in [3.63, 3.8) is 0 Å². The van der Waals surface area contributed by atoms with Crippen LogP contribution in [0.5, 0.6) is 0 Å². The maximum Gasteiger partial charge on any atom is 0.240 e. The van der Waals surface area contributed by atoms with Crippen LogP contribution >= 0.6 is 0 Å². The highest BCUT2D eigenvalue weighted by molar-refractivity contribution is 5.75. The molecule has 0 radical (unpaired) electrons. The minimum absolute atomic E-state index is 0.0478. The van der Waals surface area contributed by atoms with Crippen LogP contribution in [0.15, 0.2) is 12.5 Å². The van der Waals surface area contributed by atoms with E-state index < -0.39 is 0 Å². The van der Waals surface area contributed by atoms with Crippen molar-refractivity contribution in [2.45, 2.75) is 13.1 Å². The van der Waals surface area contributed by atoms with Gasteiger partial charge in [0.25, 0.3) is 0 Å². The molecule has 7 heteroatoms. The summed E-state index contributed by atoms with van der Waals surface area (Å²) in [5.41, 5.74) is 0.904. The van der Waals surface area contributed by atoms with Crippen LogP contribution in [0.3, 0.4) is 0 Å². The zero-order valence-corrected chi connectivity index (χ0v) is 11.5. The van der Waals surface area contributed by atoms with Gasteiger partial charge < -0.3 is 24.7 Å². The van der Waals surface area contributed by atoms with E-state index in [9.17, 15) is 4.79 Å². The molecule has 0 aliphatic heterocycles. The van der Waals surface area contributed by atoms with Gasteiger partial charge in [0.2, 0.25) is 5.91 Å². The van der Waals surface area contributed by atoms with Gasteiger partial charge in [-0.3, -0.25) is 4.79 Å². The molecule has 0 unspecified atom stereocenters. The number of amides is 1. The highest BCUT2D eigenvalue weighted by Gasteiger charge is 2.03. The van der Waals surface area contributed by atoms with Gasteiger partial charge in [-0.15, -0.1) is 0 Å². The first-order valence-electron chi connectivity index (χ1n) is 6.22. The lowest BCUT2D eigenvalue weighted by Gasteiger charge is -2.04. The second-order valence-electron chi connectivity index (χ2n) is 4.05. The summed E-state index contributed by atoms with van der Waals surface area (Å²) in [6.07, 6.45) is 3.51. The molecule has 1 aromatic heterocycles. The Balaban J connectivity index is 2.24. The second-order valence-corrected chi connectivity index (χ2v) is 4.05. The van der Waals surface area contributed by atoms with Gasteiger partial charge in [-0.25, -0.2) is 4.98 Å². The van der Waals surface area contributed by atoms with Crippen LogP contribution in [0.4, 0.5) is 0 Å². The number of nitrogens with zero attached hydrogens (tertiary/aromatic N) is 2. The molecule has 108 valence electrons. The summed E-state index contributed by atoms with van der Waals surface area (Å²) in [5, 5.41) is 5.95. The lowest BCUT2D eigenvalue weighted by Crippen LogP contribution is -2.30. The van der Waals surface area contributed by atoms with E-state index in [1.807, 2.05) is 6.20 Å². The van der Waals surface area contributed by atoms with Gasteiger partial charge in [-0.05, 0) is 0 Å². The third-order valence-electron chi connectivity index (χ3n) is 2.43. The normalized spacial score (nSPS) is 10.6. The van der Waals surface area contributed by atoms with Crippen molar-refractivity contribution in [1.29, 1.82) is 0 Å². The van der Waals surface area contributed by atoms with Crippen molar-refractivity contribution in [2.24, 2.45) is 0 Å². The largest absolute Gasteiger partial charge is 0.383 e. The summed E-state index contributed by atoms with van der Waals surface area (Å²) in [6.45, 7) is 3.43. The Bertz CT molecular complexity index is 368. The average Bonchev–Trinajstić information content (AvgIpc) is 2.82. The van der Waals surface area contributed by atoms with Crippen LogP contribution in [0.25, 0.3) is 0 Å². The number of methoxy groups -OCH3 is 2. The van der Waals surface area contributed by atoms with Crippen LogP contribution in [0, 0.1) is 0 Å². The predicted molar refractivity (Wildman–Crippen MR) is 70.7 cm³/mol. The van der Waals surface area contributed by atoms with E-state index >= 15 is 0 Å². The second kappa shape index (κ2) is 9.48. The predicted octanol–water partition coefficient (Wildman–Crippen LogP) is -0.618. The van der Waals surface area contributed by atoms with Crippen molar-refractivity contribution in [3.05, 3.63) is 18.2 Å². The number of nitrogens with one attached hydrogen (secondary N) is 2. The summed E-state index contributed by atoms with van der Waals surface area (Å²) in [5.74, 6) is -0.0478. The molecule has 1 rings (SSSR count). The van der Waals surface area contributed by atoms with Crippen molar-refractivity contribution in [2.75, 3.05) is 40.5 Å². The van der Waals surface area contributed by atoms with E-state index in [4.69, 9.17) is 9.47 Å². The summed E-state index contributed by atoms with van der Waals surface area (Å²) < 4.78 is 11.6. The SMILES string of the molecule is COCCNCc1cn(CC(=O)NCCOC)cn1. The van der Waals surface area contributed by atoms with E-state index in [1.54, 1.807) is 25.1 Å². The molecule has 0 atom stereocenters. The Labute approximate surface area is 113 Å². The van der Waals surface area contributed by atoms with Gasteiger partial charge >= 0.3 is 0 Å². The number of carbonyl (C=O) groups excluding carboxylic acids is 1. The number of carbonyl (C=O) groups is 1. The molecule has 7 nitrogen and oxygen atoms in total. The van der Waals surface area contributed by atoms with Crippen molar-refractivity contribution in [3.8, 4) is 0 Å². The Morgan fingerprint density at radius 1 is 1.32 bits per heavy atom. The topological polar surface area (TPSA) is 77.4 Å². The highest BCUT2D eigenvalue weighted by Crippen LogP contribution is 1.95. The maximum atomic E-state index is 11.5. The molecule has 0 aliphatic carbocycles. The molecule has 1 amide bonds. The molecule has 0 bridgehead atoms. The third kappa shape index (κ3) is 6.90. The number of rotatable bonds is 10. The van der Waals surface area contributed by atoms with E-state index in [2.05, 4.69) is 15.6 Å². The molecule has 1 aromatic rings. The fourth-order valence-corrected chi connectivity index (χ4v) is 1.49. The minimum atomic E-state index is -0.0478. The zero-order chi connectivity index (χ0) is 13.9. The van der Waals surface area contributed by atoms with E-state index in [0.717, 1.165) is 12.2 Å². The van der Waals surface area contributed by atoms with Crippen LogP contribution in [-0.4, -0.2) is 56.0 Å². The van der Waals surface area contributed by atoms with Crippen LogP contribution in [-0.2, 0) is 27.4 Å². The van der Waals surface area contributed by atoms with Crippen LogP contribution < -0.4 is 10.6 Å². The fourth-order valence-electron chi connectivity index (χ4n) is 1.49. The summed E-state index contributed by atoms with van der Waals surface area (Å²) >= 11 is 0. The molecule has 1 heterocycles. The van der Waals surface area contributed by atoms with Crippen LogP contribution in [0.2, 0.25) is 0 Å². The Hall–Kier alpha value is -1.44. The molecule has 0 aromatic carbocycles. The first-order valence-corrected chi connectivity index (χ1v) is 6.22. The summed E-state index contributed by atoms with van der Waals surface area (Å²) in [7, 11) is 3.27. The average molecular weight is 270 g/mol. The quantitative estimate of drug-likeness (QED) is 0.554. The Morgan fingerprint density at radius 2 is 2.05 bits per heavy atom. The number of ether oxygens (including phenoxy) is 2. The first-order chi connectivity index (χ1) is 9.26. The number of imidazole rings is 1. The number of aromatic nitrogens is 2. The monoisotopic (exact) mass is 270 g/mol. The van der Waals surface area contributed by atoms with E-state index in [1.165, 1.54) is 0 Å². The maximum absolute atomic E-state index is 11.5. The summed E-state index contributed by atoms with van der Waals surface area (Å²) in [6, 6.07) is 0.